The first kappa shape index (κ1) is 14.6. The van der Waals surface area contributed by atoms with E-state index in [4.69, 9.17) is 0 Å². The first-order valence-corrected chi connectivity index (χ1v) is 7.70. The molecule has 0 aliphatic carbocycles. The van der Waals surface area contributed by atoms with E-state index < -0.39 is 0 Å². The van der Waals surface area contributed by atoms with Gasteiger partial charge in [-0.2, -0.15) is 0 Å². The van der Waals surface area contributed by atoms with Crippen molar-refractivity contribution in [2.24, 2.45) is 0 Å². The van der Waals surface area contributed by atoms with Crippen molar-refractivity contribution in [2.45, 2.75) is 24.8 Å². The number of carbonyl (C=O) groups is 1. The van der Waals surface area contributed by atoms with Gasteiger partial charge in [0, 0.05) is 16.8 Å². The molecule has 3 nitrogen and oxygen atoms in total. The van der Waals surface area contributed by atoms with Crippen LogP contribution in [0.4, 0.5) is 0 Å². The van der Waals surface area contributed by atoms with E-state index in [1.807, 2.05) is 38.3 Å². The zero-order valence-electron chi connectivity index (χ0n) is 11.9. The SMILES string of the molecule is CSc1ccc([C@@H](C)NC(=O)c2ccc(C)nc2)cc1. The molecule has 2 aromatic rings. The van der Waals surface area contributed by atoms with E-state index in [0.29, 0.717) is 5.56 Å². The van der Waals surface area contributed by atoms with E-state index in [1.54, 1.807) is 24.0 Å². The molecule has 20 heavy (non-hydrogen) atoms. The highest BCUT2D eigenvalue weighted by Gasteiger charge is 2.11. The number of nitrogens with one attached hydrogen (secondary N) is 1. The van der Waals surface area contributed by atoms with Crippen molar-refractivity contribution in [2.75, 3.05) is 6.26 Å². The lowest BCUT2D eigenvalue weighted by atomic mass is 10.1. The second-order valence-corrected chi connectivity index (χ2v) is 5.54. The Kier molecular flexibility index (Phi) is 4.79. The molecule has 0 unspecified atom stereocenters. The minimum atomic E-state index is -0.0982. The Morgan fingerprint density at radius 1 is 1.20 bits per heavy atom. The first-order chi connectivity index (χ1) is 9.60. The number of carbonyl (C=O) groups excluding carboxylic acids is 1. The van der Waals surface area contributed by atoms with Crippen molar-refractivity contribution in [1.82, 2.24) is 10.3 Å². The van der Waals surface area contributed by atoms with Gasteiger partial charge in [-0.05, 0) is 49.9 Å². The predicted molar refractivity (Wildman–Crippen MR) is 83.1 cm³/mol. The zero-order valence-corrected chi connectivity index (χ0v) is 12.7. The Labute approximate surface area is 123 Å². The van der Waals surface area contributed by atoms with Crippen LogP contribution in [0.2, 0.25) is 0 Å². The van der Waals surface area contributed by atoms with Crippen LogP contribution < -0.4 is 5.32 Å². The molecular weight excluding hydrogens is 268 g/mol. The largest absolute Gasteiger partial charge is 0.345 e. The van der Waals surface area contributed by atoms with Gasteiger partial charge in [-0.3, -0.25) is 9.78 Å². The van der Waals surface area contributed by atoms with E-state index in [0.717, 1.165) is 11.3 Å². The Hall–Kier alpha value is -1.81. The molecule has 1 amide bonds. The lowest BCUT2D eigenvalue weighted by Crippen LogP contribution is -2.26. The number of nitrogens with zero attached hydrogens (tertiary/aromatic N) is 1. The van der Waals surface area contributed by atoms with Gasteiger partial charge < -0.3 is 5.32 Å². The molecule has 0 aliphatic heterocycles. The van der Waals surface area contributed by atoms with Crippen LogP contribution in [0.25, 0.3) is 0 Å². The smallest absolute Gasteiger partial charge is 0.253 e. The van der Waals surface area contributed by atoms with E-state index in [2.05, 4.69) is 22.4 Å². The number of aromatic nitrogens is 1. The van der Waals surface area contributed by atoms with E-state index in [1.165, 1.54) is 4.90 Å². The van der Waals surface area contributed by atoms with Crippen molar-refractivity contribution in [1.29, 1.82) is 0 Å². The molecule has 0 spiro atoms. The van der Waals surface area contributed by atoms with Crippen LogP contribution >= 0.6 is 11.8 Å². The molecule has 0 bridgehead atoms. The summed E-state index contributed by atoms with van der Waals surface area (Å²) < 4.78 is 0. The molecule has 0 saturated heterocycles. The molecule has 1 N–H and O–H groups in total. The van der Waals surface area contributed by atoms with Crippen molar-refractivity contribution < 1.29 is 4.79 Å². The van der Waals surface area contributed by atoms with Crippen molar-refractivity contribution >= 4 is 17.7 Å². The average molecular weight is 286 g/mol. The highest BCUT2D eigenvalue weighted by molar-refractivity contribution is 7.98. The fourth-order valence-electron chi connectivity index (χ4n) is 1.86. The topological polar surface area (TPSA) is 42.0 Å². The lowest BCUT2D eigenvalue weighted by molar-refractivity contribution is 0.0939. The average Bonchev–Trinajstić information content (AvgIpc) is 2.48. The maximum Gasteiger partial charge on any atom is 0.253 e. The molecule has 1 atom stereocenters. The summed E-state index contributed by atoms with van der Waals surface area (Å²) in [7, 11) is 0. The fourth-order valence-corrected chi connectivity index (χ4v) is 2.27. The number of pyridine rings is 1. The molecule has 0 saturated carbocycles. The Balaban J connectivity index is 2.04. The minimum Gasteiger partial charge on any atom is -0.345 e. The molecule has 2 rings (SSSR count). The van der Waals surface area contributed by atoms with Crippen LogP contribution in [0.5, 0.6) is 0 Å². The highest BCUT2D eigenvalue weighted by Crippen LogP contribution is 2.19. The summed E-state index contributed by atoms with van der Waals surface area (Å²) >= 11 is 1.71. The number of rotatable bonds is 4. The van der Waals surface area contributed by atoms with Crippen LogP contribution in [-0.4, -0.2) is 17.1 Å². The van der Waals surface area contributed by atoms with Gasteiger partial charge in [0.1, 0.15) is 0 Å². The van der Waals surface area contributed by atoms with Crippen LogP contribution in [0, 0.1) is 6.92 Å². The zero-order chi connectivity index (χ0) is 14.5. The molecule has 0 aliphatic rings. The van der Waals surface area contributed by atoms with Crippen molar-refractivity contribution in [3.8, 4) is 0 Å². The standard InChI is InChI=1S/C16H18N2OS/c1-11-4-5-14(10-17-11)16(19)18-12(2)13-6-8-15(20-3)9-7-13/h4-10,12H,1-3H3,(H,18,19)/t12-/m1/s1. The molecule has 1 aromatic heterocycles. The number of hydrogen-bond donors (Lipinski definition) is 1. The Bertz CT molecular complexity index is 578. The van der Waals surface area contributed by atoms with E-state index in [-0.39, 0.29) is 11.9 Å². The molecule has 104 valence electrons. The summed E-state index contributed by atoms with van der Waals surface area (Å²) in [5, 5.41) is 2.98. The minimum absolute atomic E-state index is 0.0280. The Morgan fingerprint density at radius 2 is 1.90 bits per heavy atom. The van der Waals surface area contributed by atoms with Crippen molar-refractivity contribution in [3.63, 3.8) is 0 Å². The third-order valence-corrected chi connectivity index (χ3v) is 3.88. The van der Waals surface area contributed by atoms with Gasteiger partial charge in [-0.15, -0.1) is 11.8 Å². The normalized spacial score (nSPS) is 11.9. The number of amides is 1. The summed E-state index contributed by atoms with van der Waals surface area (Å²) in [6.45, 7) is 3.88. The summed E-state index contributed by atoms with van der Waals surface area (Å²) in [5.74, 6) is -0.0982. The molecule has 4 heteroatoms. The maximum absolute atomic E-state index is 12.1. The van der Waals surface area contributed by atoms with Gasteiger partial charge in [-0.25, -0.2) is 0 Å². The van der Waals surface area contributed by atoms with Crippen LogP contribution in [0.3, 0.4) is 0 Å². The second-order valence-electron chi connectivity index (χ2n) is 4.66. The van der Waals surface area contributed by atoms with Crippen LogP contribution in [-0.2, 0) is 0 Å². The van der Waals surface area contributed by atoms with Crippen LogP contribution in [0.15, 0.2) is 47.5 Å². The fraction of sp³-hybridized carbons (Fsp3) is 0.250. The number of hydrogen-bond acceptors (Lipinski definition) is 3. The number of thioether (sulfide) groups is 1. The predicted octanol–water partition coefficient (Wildman–Crippen LogP) is 3.60. The molecule has 1 heterocycles. The van der Waals surface area contributed by atoms with Gasteiger partial charge in [-0.1, -0.05) is 12.1 Å². The maximum atomic E-state index is 12.1. The van der Waals surface area contributed by atoms with E-state index >= 15 is 0 Å². The number of benzene rings is 1. The monoisotopic (exact) mass is 286 g/mol. The van der Waals surface area contributed by atoms with Gasteiger partial charge in [0.25, 0.3) is 5.91 Å². The summed E-state index contributed by atoms with van der Waals surface area (Å²) in [6.07, 6.45) is 3.65. The summed E-state index contributed by atoms with van der Waals surface area (Å²) in [4.78, 5) is 17.5. The molecule has 0 radical (unpaired) electrons. The second kappa shape index (κ2) is 6.57. The lowest BCUT2D eigenvalue weighted by Gasteiger charge is -2.14. The molecule has 0 fully saturated rings. The van der Waals surface area contributed by atoms with Crippen LogP contribution in [0.1, 0.15) is 34.6 Å². The first-order valence-electron chi connectivity index (χ1n) is 6.47. The third kappa shape index (κ3) is 3.61. The molecule has 1 aromatic carbocycles. The van der Waals surface area contributed by atoms with Gasteiger partial charge >= 0.3 is 0 Å². The molecular formula is C16H18N2OS. The summed E-state index contributed by atoms with van der Waals surface area (Å²) in [6, 6.07) is 11.8. The highest BCUT2D eigenvalue weighted by atomic mass is 32.2. The van der Waals surface area contributed by atoms with Gasteiger partial charge in [0.15, 0.2) is 0 Å². The quantitative estimate of drug-likeness (QED) is 0.873. The van der Waals surface area contributed by atoms with Crippen molar-refractivity contribution in [3.05, 3.63) is 59.4 Å². The number of aryl methyl sites for hydroxylation is 1. The van der Waals surface area contributed by atoms with Gasteiger partial charge in [0.2, 0.25) is 0 Å². The van der Waals surface area contributed by atoms with Gasteiger partial charge in [0.05, 0.1) is 11.6 Å². The van der Waals surface area contributed by atoms with E-state index in [9.17, 15) is 4.79 Å². The summed E-state index contributed by atoms with van der Waals surface area (Å²) in [5.41, 5.74) is 2.58. The third-order valence-electron chi connectivity index (χ3n) is 3.14. The Morgan fingerprint density at radius 3 is 2.45 bits per heavy atom.